The third-order valence-electron chi connectivity index (χ3n) is 4.16. The molecular formula is C19H19NO. The molecule has 2 heteroatoms. The summed E-state index contributed by atoms with van der Waals surface area (Å²) in [6, 6.07) is 14.5. The normalized spacial score (nSPS) is 16.2. The average Bonchev–Trinajstić information content (AvgIpc) is 2.70. The second kappa shape index (κ2) is 4.88. The van der Waals surface area contributed by atoms with E-state index in [9.17, 15) is 4.79 Å². The first-order chi connectivity index (χ1) is 9.99. The number of benzene rings is 2. The number of carbonyl (C=O) groups excluding carboxylic acids is 1. The maximum atomic E-state index is 12.6. The molecule has 1 amide bonds. The van der Waals surface area contributed by atoms with Gasteiger partial charge in [0.15, 0.2) is 0 Å². The van der Waals surface area contributed by atoms with Crippen molar-refractivity contribution in [3.63, 3.8) is 0 Å². The summed E-state index contributed by atoms with van der Waals surface area (Å²) < 4.78 is 0. The molecule has 0 fully saturated rings. The van der Waals surface area contributed by atoms with Crippen LogP contribution in [-0.4, -0.2) is 13.0 Å². The van der Waals surface area contributed by atoms with Crippen molar-refractivity contribution in [1.29, 1.82) is 0 Å². The number of fused-ring (bicyclic) bond motifs is 1. The average molecular weight is 277 g/mol. The maximum absolute atomic E-state index is 12.6. The molecule has 2 aromatic carbocycles. The van der Waals surface area contributed by atoms with E-state index in [0.29, 0.717) is 0 Å². The zero-order valence-electron chi connectivity index (χ0n) is 12.9. The number of hydrogen-bond donors (Lipinski definition) is 0. The van der Waals surface area contributed by atoms with Gasteiger partial charge in [0.25, 0.3) is 5.91 Å². The minimum absolute atomic E-state index is 0.0775. The highest BCUT2D eigenvalue weighted by atomic mass is 16.2. The van der Waals surface area contributed by atoms with Gasteiger partial charge in [0.1, 0.15) is 0 Å². The van der Waals surface area contributed by atoms with Crippen LogP contribution in [0.5, 0.6) is 0 Å². The zero-order chi connectivity index (χ0) is 15.1. The molecule has 1 heterocycles. The van der Waals surface area contributed by atoms with Crippen LogP contribution in [0.1, 0.15) is 29.2 Å². The van der Waals surface area contributed by atoms with Gasteiger partial charge in [0.2, 0.25) is 0 Å². The zero-order valence-corrected chi connectivity index (χ0v) is 12.9. The molecule has 21 heavy (non-hydrogen) atoms. The fourth-order valence-corrected chi connectivity index (χ4v) is 2.85. The Labute approximate surface area is 125 Å². The Morgan fingerprint density at radius 1 is 0.952 bits per heavy atom. The third-order valence-corrected chi connectivity index (χ3v) is 4.16. The Kier molecular flexibility index (Phi) is 3.17. The van der Waals surface area contributed by atoms with Gasteiger partial charge in [0, 0.05) is 12.6 Å². The molecule has 1 aliphatic rings. The summed E-state index contributed by atoms with van der Waals surface area (Å²) in [5, 5.41) is 0. The van der Waals surface area contributed by atoms with Gasteiger partial charge in [-0.25, -0.2) is 0 Å². The highest BCUT2D eigenvalue weighted by molar-refractivity contribution is 6.37. The monoisotopic (exact) mass is 277 g/mol. The Morgan fingerprint density at radius 2 is 1.57 bits per heavy atom. The molecule has 0 aromatic heterocycles. The molecular weight excluding hydrogens is 258 g/mol. The fourth-order valence-electron chi connectivity index (χ4n) is 2.85. The molecule has 106 valence electrons. The second-order valence-corrected chi connectivity index (χ2v) is 5.75. The molecule has 0 radical (unpaired) electrons. The Bertz CT molecular complexity index is 754. The topological polar surface area (TPSA) is 20.3 Å². The van der Waals surface area contributed by atoms with E-state index in [-0.39, 0.29) is 5.91 Å². The van der Waals surface area contributed by atoms with Crippen LogP contribution in [0.2, 0.25) is 0 Å². The lowest BCUT2D eigenvalue weighted by atomic mass is 9.95. The van der Waals surface area contributed by atoms with Gasteiger partial charge in [0.05, 0.1) is 11.3 Å². The van der Waals surface area contributed by atoms with Crippen LogP contribution >= 0.6 is 0 Å². The van der Waals surface area contributed by atoms with Crippen molar-refractivity contribution in [1.82, 2.24) is 0 Å². The molecule has 2 nitrogen and oxygen atoms in total. The number of amides is 1. The standard InChI is InChI=1S/C19H19NO/c1-12-5-8-15(9-6-12)14(3)18-16-11-13(2)7-10-17(16)20(4)19(18)21/h5-11H,1-4H3/b18-14+. The van der Waals surface area contributed by atoms with Crippen molar-refractivity contribution >= 4 is 22.7 Å². The van der Waals surface area contributed by atoms with Gasteiger partial charge >= 0.3 is 0 Å². The van der Waals surface area contributed by atoms with Crippen molar-refractivity contribution < 1.29 is 4.79 Å². The molecule has 0 saturated carbocycles. The van der Waals surface area contributed by atoms with Gasteiger partial charge in [-0.15, -0.1) is 0 Å². The maximum Gasteiger partial charge on any atom is 0.259 e. The van der Waals surface area contributed by atoms with Gasteiger partial charge < -0.3 is 4.90 Å². The van der Waals surface area contributed by atoms with Gasteiger partial charge in [-0.2, -0.15) is 0 Å². The highest BCUT2D eigenvalue weighted by Gasteiger charge is 2.31. The van der Waals surface area contributed by atoms with Crippen molar-refractivity contribution in [2.45, 2.75) is 20.8 Å². The first kappa shape index (κ1) is 13.6. The number of likely N-dealkylation sites (N-methyl/N-ethyl adjacent to an activating group) is 1. The first-order valence-electron chi connectivity index (χ1n) is 7.16. The van der Waals surface area contributed by atoms with Crippen LogP contribution in [-0.2, 0) is 4.79 Å². The van der Waals surface area contributed by atoms with E-state index in [1.54, 1.807) is 4.90 Å². The number of carbonyl (C=O) groups is 1. The quantitative estimate of drug-likeness (QED) is 0.715. The van der Waals surface area contributed by atoms with Gasteiger partial charge in [-0.3, -0.25) is 4.79 Å². The summed E-state index contributed by atoms with van der Waals surface area (Å²) in [5.74, 6) is 0.0775. The van der Waals surface area contributed by atoms with Crippen molar-refractivity contribution in [2.75, 3.05) is 11.9 Å². The van der Waals surface area contributed by atoms with E-state index < -0.39 is 0 Å². The van der Waals surface area contributed by atoms with Crippen molar-refractivity contribution in [3.8, 4) is 0 Å². The van der Waals surface area contributed by atoms with Crippen LogP contribution in [0.4, 0.5) is 5.69 Å². The Morgan fingerprint density at radius 3 is 2.24 bits per heavy atom. The smallest absolute Gasteiger partial charge is 0.259 e. The van der Waals surface area contributed by atoms with Crippen LogP contribution in [0.25, 0.3) is 11.1 Å². The van der Waals surface area contributed by atoms with E-state index in [1.165, 1.54) is 11.1 Å². The molecule has 0 N–H and O–H groups in total. The van der Waals surface area contributed by atoms with E-state index in [0.717, 1.165) is 28.0 Å². The summed E-state index contributed by atoms with van der Waals surface area (Å²) >= 11 is 0. The van der Waals surface area contributed by atoms with Gasteiger partial charge in [-0.1, -0.05) is 41.5 Å². The summed E-state index contributed by atoms with van der Waals surface area (Å²) in [6.45, 7) is 6.16. The predicted molar refractivity (Wildman–Crippen MR) is 88.3 cm³/mol. The minimum atomic E-state index is 0.0775. The molecule has 3 rings (SSSR count). The van der Waals surface area contributed by atoms with Crippen LogP contribution in [0.3, 0.4) is 0 Å². The molecule has 0 saturated heterocycles. The van der Waals surface area contributed by atoms with Crippen LogP contribution in [0, 0.1) is 13.8 Å². The summed E-state index contributed by atoms with van der Waals surface area (Å²) in [7, 11) is 1.84. The van der Waals surface area contributed by atoms with Gasteiger partial charge in [-0.05, 0) is 44.0 Å². The molecule has 1 aliphatic heterocycles. The highest BCUT2D eigenvalue weighted by Crippen LogP contribution is 2.40. The van der Waals surface area contributed by atoms with Crippen molar-refractivity contribution in [3.05, 3.63) is 64.7 Å². The number of anilines is 1. The van der Waals surface area contributed by atoms with Crippen LogP contribution in [0.15, 0.2) is 42.5 Å². The lowest BCUT2D eigenvalue weighted by Crippen LogP contribution is -2.20. The molecule has 0 spiro atoms. The van der Waals surface area contributed by atoms with E-state index in [4.69, 9.17) is 0 Å². The number of aryl methyl sites for hydroxylation is 2. The van der Waals surface area contributed by atoms with E-state index >= 15 is 0 Å². The minimum Gasteiger partial charge on any atom is -0.311 e. The lowest BCUT2D eigenvalue weighted by molar-refractivity contribution is -0.112. The molecule has 0 bridgehead atoms. The van der Waals surface area contributed by atoms with E-state index in [1.807, 2.05) is 26.1 Å². The molecule has 0 aliphatic carbocycles. The summed E-state index contributed by atoms with van der Waals surface area (Å²) in [5.41, 5.74) is 7.39. The number of allylic oxidation sites excluding steroid dienone is 1. The third kappa shape index (κ3) is 2.17. The summed E-state index contributed by atoms with van der Waals surface area (Å²) in [6.07, 6.45) is 0. The molecule has 0 unspecified atom stereocenters. The number of rotatable bonds is 1. The number of hydrogen-bond acceptors (Lipinski definition) is 1. The van der Waals surface area contributed by atoms with Crippen molar-refractivity contribution in [2.24, 2.45) is 0 Å². The fraction of sp³-hybridized carbons (Fsp3) is 0.211. The summed E-state index contributed by atoms with van der Waals surface area (Å²) in [4.78, 5) is 14.4. The lowest BCUT2D eigenvalue weighted by Gasteiger charge is -2.09. The van der Waals surface area contributed by atoms with Crippen LogP contribution < -0.4 is 4.90 Å². The van der Waals surface area contributed by atoms with E-state index in [2.05, 4.69) is 44.2 Å². The second-order valence-electron chi connectivity index (χ2n) is 5.75. The SMILES string of the molecule is C/C(=C1\C(=O)N(C)c2ccc(C)cc21)c1ccc(C)cc1. The molecule has 2 aromatic rings. The predicted octanol–water partition coefficient (Wildman–Crippen LogP) is 4.21. The first-order valence-corrected chi connectivity index (χ1v) is 7.16. The Hall–Kier alpha value is -2.35. The Balaban J connectivity index is 2.22. The number of nitrogens with zero attached hydrogens (tertiary/aromatic N) is 1. The largest absolute Gasteiger partial charge is 0.311 e. The molecule has 0 atom stereocenters.